The molecule has 0 atom stereocenters. The van der Waals surface area contributed by atoms with Crippen molar-refractivity contribution in [1.82, 2.24) is 4.90 Å². The van der Waals surface area contributed by atoms with Crippen LogP contribution in [-0.2, 0) is 9.53 Å². The van der Waals surface area contributed by atoms with Crippen LogP contribution in [-0.4, -0.2) is 36.7 Å². The third-order valence-electron chi connectivity index (χ3n) is 2.18. The number of hydrogen-bond acceptors (Lipinski definition) is 4. The van der Waals surface area contributed by atoms with E-state index in [0.717, 1.165) is 0 Å². The summed E-state index contributed by atoms with van der Waals surface area (Å²) in [5.41, 5.74) is 0. The van der Waals surface area contributed by atoms with Gasteiger partial charge in [0.1, 0.15) is 12.3 Å². The van der Waals surface area contributed by atoms with E-state index in [1.54, 1.807) is 31.2 Å². The van der Waals surface area contributed by atoms with Crippen LogP contribution in [0.1, 0.15) is 6.92 Å². The third kappa shape index (κ3) is 5.25. The summed E-state index contributed by atoms with van der Waals surface area (Å²) in [5, 5.41) is 0. The van der Waals surface area contributed by atoms with Crippen molar-refractivity contribution in [2.24, 2.45) is 0 Å². The molecule has 1 aromatic carbocycles. The number of benzene rings is 1. The van der Waals surface area contributed by atoms with E-state index in [-0.39, 0.29) is 19.7 Å². The summed E-state index contributed by atoms with van der Waals surface area (Å²) in [6, 6.07) is 8.65. The van der Waals surface area contributed by atoms with Gasteiger partial charge in [0.15, 0.2) is 0 Å². The summed E-state index contributed by atoms with van der Waals surface area (Å²) in [7, 11) is 0. The van der Waals surface area contributed by atoms with E-state index in [4.69, 9.17) is 9.47 Å². The summed E-state index contributed by atoms with van der Waals surface area (Å²) >= 11 is 0. The minimum absolute atomic E-state index is 0.161. The van der Waals surface area contributed by atoms with E-state index in [9.17, 15) is 9.59 Å². The highest BCUT2D eigenvalue weighted by molar-refractivity contribution is 5.79. The smallest absolute Gasteiger partial charge is 0.416 e. The first-order valence-corrected chi connectivity index (χ1v) is 5.95. The van der Waals surface area contributed by atoms with Crippen LogP contribution in [0.5, 0.6) is 5.75 Å². The lowest BCUT2D eigenvalue weighted by Crippen LogP contribution is -2.38. The zero-order valence-electron chi connectivity index (χ0n) is 10.9. The fourth-order valence-corrected chi connectivity index (χ4v) is 1.38. The number of esters is 1. The monoisotopic (exact) mass is 263 g/mol. The molecule has 1 amide bonds. The average molecular weight is 263 g/mol. The van der Waals surface area contributed by atoms with Crippen molar-refractivity contribution < 1.29 is 19.1 Å². The normalized spacial score (nSPS) is 9.53. The molecule has 0 N–H and O–H groups in total. The maximum absolute atomic E-state index is 11.9. The van der Waals surface area contributed by atoms with Crippen molar-refractivity contribution in [2.75, 3.05) is 19.7 Å². The Bertz CT molecular complexity index is 430. The van der Waals surface area contributed by atoms with E-state index in [2.05, 4.69) is 6.58 Å². The van der Waals surface area contributed by atoms with Crippen LogP contribution < -0.4 is 4.74 Å². The summed E-state index contributed by atoms with van der Waals surface area (Å²) in [6.45, 7) is 5.57. The molecule has 0 aliphatic rings. The molecule has 0 fully saturated rings. The Morgan fingerprint density at radius 3 is 2.58 bits per heavy atom. The summed E-state index contributed by atoms with van der Waals surface area (Å²) < 4.78 is 9.94. The van der Waals surface area contributed by atoms with Crippen LogP contribution in [0.4, 0.5) is 4.79 Å². The molecule has 5 nitrogen and oxygen atoms in total. The molecule has 0 saturated heterocycles. The van der Waals surface area contributed by atoms with Crippen LogP contribution in [0, 0.1) is 0 Å². The number of hydrogen-bond donors (Lipinski definition) is 0. The maximum Gasteiger partial charge on any atom is 0.416 e. The van der Waals surface area contributed by atoms with Gasteiger partial charge in [-0.25, -0.2) is 4.79 Å². The Hall–Kier alpha value is -2.30. The Balaban J connectivity index is 2.62. The van der Waals surface area contributed by atoms with Crippen molar-refractivity contribution >= 4 is 12.1 Å². The minimum Gasteiger partial charge on any atom is -0.465 e. The molecule has 0 radical (unpaired) electrons. The Kier molecular flexibility index (Phi) is 6.15. The first-order valence-electron chi connectivity index (χ1n) is 5.95. The highest BCUT2D eigenvalue weighted by Crippen LogP contribution is 2.10. The quantitative estimate of drug-likeness (QED) is 0.583. The molecule has 0 bridgehead atoms. The number of para-hydroxylation sites is 1. The van der Waals surface area contributed by atoms with Gasteiger partial charge in [0, 0.05) is 6.54 Å². The number of nitrogens with zero attached hydrogens (tertiary/aromatic N) is 1. The molecule has 0 aliphatic heterocycles. The van der Waals surface area contributed by atoms with Crippen molar-refractivity contribution in [3.8, 4) is 5.75 Å². The lowest BCUT2D eigenvalue weighted by Gasteiger charge is -2.19. The van der Waals surface area contributed by atoms with Gasteiger partial charge >= 0.3 is 12.1 Å². The standard InChI is InChI=1S/C14H17NO4/c1-3-10-15(11-13(16)18-4-2)14(17)19-12-8-6-5-7-9-12/h3,5-9H,1,4,10-11H2,2H3. The van der Waals surface area contributed by atoms with Crippen molar-refractivity contribution in [3.63, 3.8) is 0 Å². The van der Waals surface area contributed by atoms with Gasteiger partial charge < -0.3 is 9.47 Å². The molecule has 0 spiro atoms. The Labute approximate surface area is 112 Å². The molecular weight excluding hydrogens is 246 g/mol. The van der Waals surface area contributed by atoms with Gasteiger partial charge in [-0.05, 0) is 19.1 Å². The molecule has 0 aromatic heterocycles. The van der Waals surface area contributed by atoms with Crippen molar-refractivity contribution in [2.45, 2.75) is 6.92 Å². The number of carbonyl (C=O) groups is 2. The van der Waals surface area contributed by atoms with Crippen molar-refractivity contribution in [3.05, 3.63) is 43.0 Å². The van der Waals surface area contributed by atoms with E-state index in [1.807, 2.05) is 6.07 Å². The lowest BCUT2D eigenvalue weighted by molar-refractivity contribution is -0.143. The number of rotatable bonds is 6. The van der Waals surface area contributed by atoms with Gasteiger partial charge in [0.05, 0.1) is 6.61 Å². The highest BCUT2D eigenvalue weighted by Gasteiger charge is 2.18. The van der Waals surface area contributed by atoms with E-state index in [1.165, 1.54) is 11.0 Å². The van der Waals surface area contributed by atoms with Gasteiger partial charge in [0.25, 0.3) is 0 Å². The van der Waals surface area contributed by atoms with Gasteiger partial charge in [-0.1, -0.05) is 24.3 Å². The molecule has 19 heavy (non-hydrogen) atoms. The molecular formula is C14H17NO4. The molecule has 1 aromatic rings. The predicted molar refractivity (Wildman–Crippen MR) is 70.9 cm³/mol. The topological polar surface area (TPSA) is 55.8 Å². The molecule has 1 rings (SSSR count). The second-order valence-electron chi connectivity index (χ2n) is 3.66. The summed E-state index contributed by atoms with van der Waals surface area (Å²) in [4.78, 5) is 24.5. The number of amides is 1. The van der Waals surface area contributed by atoms with Crippen LogP contribution >= 0.6 is 0 Å². The third-order valence-corrected chi connectivity index (χ3v) is 2.18. The largest absolute Gasteiger partial charge is 0.465 e. The van der Waals surface area contributed by atoms with E-state index >= 15 is 0 Å². The van der Waals surface area contributed by atoms with E-state index < -0.39 is 12.1 Å². The number of carbonyl (C=O) groups excluding carboxylic acids is 2. The van der Waals surface area contributed by atoms with Gasteiger partial charge in [-0.3, -0.25) is 9.69 Å². The Morgan fingerprint density at radius 2 is 2.00 bits per heavy atom. The van der Waals surface area contributed by atoms with E-state index in [0.29, 0.717) is 5.75 Å². The first kappa shape index (κ1) is 14.8. The van der Waals surface area contributed by atoms with Gasteiger partial charge in [-0.15, -0.1) is 6.58 Å². The van der Waals surface area contributed by atoms with Crippen LogP contribution in [0.3, 0.4) is 0 Å². The molecule has 102 valence electrons. The summed E-state index contributed by atoms with van der Waals surface area (Å²) in [5.74, 6) is -0.0558. The first-order chi connectivity index (χ1) is 9.17. The van der Waals surface area contributed by atoms with Crippen LogP contribution in [0.15, 0.2) is 43.0 Å². The van der Waals surface area contributed by atoms with Crippen LogP contribution in [0.25, 0.3) is 0 Å². The van der Waals surface area contributed by atoms with Crippen molar-refractivity contribution in [1.29, 1.82) is 0 Å². The predicted octanol–water partition coefficient (Wildman–Crippen LogP) is 2.24. The lowest BCUT2D eigenvalue weighted by atomic mass is 10.3. The molecule has 0 saturated carbocycles. The molecule has 0 heterocycles. The second kappa shape index (κ2) is 7.92. The number of ether oxygens (including phenoxy) is 2. The zero-order valence-corrected chi connectivity index (χ0v) is 10.9. The molecule has 5 heteroatoms. The zero-order chi connectivity index (χ0) is 14.1. The SMILES string of the molecule is C=CCN(CC(=O)OCC)C(=O)Oc1ccccc1. The van der Waals surface area contributed by atoms with Crippen LogP contribution in [0.2, 0.25) is 0 Å². The average Bonchev–Trinajstić information content (AvgIpc) is 2.39. The molecule has 0 aliphatic carbocycles. The minimum atomic E-state index is -0.612. The molecule has 0 unspecified atom stereocenters. The van der Waals surface area contributed by atoms with Gasteiger partial charge in [0.2, 0.25) is 0 Å². The summed E-state index contributed by atoms with van der Waals surface area (Å²) in [6.07, 6.45) is 0.907. The Morgan fingerprint density at radius 1 is 1.32 bits per heavy atom. The maximum atomic E-state index is 11.9. The van der Waals surface area contributed by atoms with Gasteiger partial charge in [-0.2, -0.15) is 0 Å². The highest BCUT2D eigenvalue weighted by atomic mass is 16.6. The fourth-order valence-electron chi connectivity index (χ4n) is 1.38. The fraction of sp³-hybridized carbons (Fsp3) is 0.286. The second-order valence-corrected chi connectivity index (χ2v) is 3.66.